The lowest BCUT2D eigenvalue weighted by atomic mass is 9.65. The molecule has 1 aromatic carbocycles. The van der Waals surface area contributed by atoms with Crippen molar-refractivity contribution in [3.63, 3.8) is 0 Å². The van der Waals surface area contributed by atoms with E-state index in [0.717, 1.165) is 38.9 Å². The molecule has 1 saturated heterocycles. The molecule has 2 bridgehead atoms. The van der Waals surface area contributed by atoms with E-state index in [1.54, 1.807) is 0 Å². The summed E-state index contributed by atoms with van der Waals surface area (Å²) in [5, 5.41) is 0. The van der Waals surface area contributed by atoms with Gasteiger partial charge in [0.2, 0.25) is 5.91 Å². The Morgan fingerprint density at radius 3 is 2.50 bits per heavy atom. The van der Waals surface area contributed by atoms with E-state index in [2.05, 4.69) is 54.0 Å². The van der Waals surface area contributed by atoms with E-state index in [0.29, 0.717) is 35.9 Å². The Bertz CT molecular complexity index is 649. The molecule has 1 aliphatic heterocycles. The van der Waals surface area contributed by atoms with Gasteiger partial charge < -0.3 is 10.6 Å². The summed E-state index contributed by atoms with van der Waals surface area (Å²) < 4.78 is 0. The van der Waals surface area contributed by atoms with E-state index in [-0.39, 0.29) is 5.92 Å². The van der Waals surface area contributed by atoms with Gasteiger partial charge in [-0.3, -0.25) is 9.69 Å². The van der Waals surface area contributed by atoms with E-state index in [4.69, 9.17) is 5.73 Å². The lowest BCUT2D eigenvalue weighted by Crippen LogP contribution is -2.51. The molecule has 1 amide bonds. The van der Waals surface area contributed by atoms with Crippen LogP contribution in [0.5, 0.6) is 0 Å². The number of amides is 1. The van der Waals surface area contributed by atoms with Gasteiger partial charge in [-0.25, -0.2) is 0 Å². The van der Waals surface area contributed by atoms with Crippen LogP contribution in [0.15, 0.2) is 30.3 Å². The number of nitrogens with two attached hydrogens (primary N) is 1. The number of likely N-dealkylation sites (N-methyl/N-ethyl adjacent to an activating group) is 1. The summed E-state index contributed by atoms with van der Waals surface area (Å²) in [5.41, 5.74) is 7.82. The third-order valence-electron chi connectivity index (χ3n) is 7.85. The van der Waals surface area contributed by atoms with E-state index < -0.39 is 0 Å². The minimum atomic E-state index is 0.204. The minimum absolute atomic E-state index is 0.204. The summed E-state index contributed by atoms with van der Waals surface area (Å²) in [6.45, 7) is 7.34. The van der Waals surface area contributed by atoms with Crippen LogP contribution in [0.2, 0.25) is 0 Å². The van der Waals surface area contributed by atoms with Crippen molar-refractivity contribution in [2.24, 2.45) is 23.5 Å². The first-order valence-corrected chi connectivity index (χ1v) is 11.4. The summed E-state index contributed by atoms with van der Waals surface area (Å²) in [7, 11) is 0. The van der Waals surface area contributed by atoms with E-state index in [1.807, 2.05) is 0 Å². The van der Waals surface area contributed by atoms with Crippen LogP contribution in [0.3, 0.4) is 0 Å². The molecule has 2 saturated carbocycles. The number of carbonyl (C=O) groups excluding carboxylic acids is 1. The van der Waals surface area contributed by atoms with Crippen molar-refractivity contribution in [1.29, 1.82) is 0 Å². The smallest absolute Gasteiger partial charge is 0.225 e. The van der Waals surface area contributed by atoms with Crippen molar-refractivity contribution in [3.8, 4) is 0 Å². The van der Waals surface area contributed by atoms with Gasteiger partial charge in [-0.2, -0.15) is 0 Å². The lowest BCUT2D eigenvalue weighted by Gasteiger charge is -2.45. The number of carbonyl (C=O) groups is 1. The van der Waals surface area contributed by atoms with Gasteiger partial charge >= 0.3 is 0 Å². The zero-order valence-corrected chi connectivity index (χ0v) is 17.6. The molecule has 3 aliphatic rings. The molecule has 1 aromatic rings. The maximum Gasteiger partial charge on any atom is 0.225 e. The number of nitrogens with zero attached hydrogens (tertiary/aromatic N) is 2. The maximum absolute atomic E-state index is 13.5. The number of hydrogen-bond acceptors (Lipinski definition) is 3. The largest absolute Gasteiger partial charge is 0.338 e. The Hall–Kier alpha value is -1.39. The molecule has 3 fully saturated rings. The van der Waals surface area contributed by atoms with Gasteiger partial charge in [-0.05, 0) is 63.4 Å². The first kappa shape index (κ1) is 19.9. The van der Waals surface area contributed by atoms with Gasteiger partial charge in [0.05, 0.1) is 0 Å². The van der Waals surface area contributed by atoms with Gasteiger partial charge in [-0.1, -0.05) is 36.8 Å². The molecule has 4 atom stereocenters. The molecule has 0 spiro atoms. The molecule has 4 rings (SSSR count). The Morgan fingerprint density at radius 1 is 1.18 bits per heavy atom. The molecule has 2 N–H and O–H groups in total. The third kappa shape index (κ3) is 3.86. The zero-order valence-electron chi connectivity index (χ0n) is 17.6. The van der Waals surface area contributed by atoms with Crippen molar-refractivity contribution in [2.45, 2.75) is 70.5 Å². The molecule has 4 heteroatoms. The highest BCUT2D eigenvalue weighted by atomic mass is 16.2. The molecular weight excluding hydrogens is 346 g/mol. The summed E-state index contributed by atoms with van der Waals surface area (Å²) in [4.78, 5) is 18.2. The summed E-state index contributed by atoms with van der Waals surface area (Å²) in [5.74, 6) is 1.75. The number of fused-ring (bicyclic) bond motifs is 2. The highest BCUT2D eigenvalue weighted by Gasteiger charge is 2.43. The van der Waals surface area contributed by atoms with Crippen molar-refractivity contribution >= 4 is 5.91 Å². The van der Waals surface area contributed by atoms with Crippen LogP contribution < -0.4 is 5.73 Å². The number of hydrogen-bond donors (Lipinski definition) is 1. The molecule has 28 heavy (non-hydrogen) atoms. The fraction of sp³-hybridized carbons (Fsp3) is 0.708. The van der Waals surface area contributed by atoms with Gasteiger partial charge in [0, 0.05) is 43.7 Å². The first-order valence-electron chi connectivity index (χ1n) is 11.4. The second-order valence-electron chi connectivity index (χ2n) is 9.35. The maximum atomic E-state index is 13.5. The Labute approximate surface area is 170 Å². The van der Waals surface area contributed by atoms with Crippen molar-refractivity contribution < 1.29 is 4.79 Å². The SMILES string of the molecule is CCN(C(=O)C1CC2CCCC(C1)C2N)C1CCN(C(C)c2ccccc2)C1. The Balaban J connectivity index is 1.39. The Kier molecular flexibility index (Phi) is 6.07. The minimum Gasteiger partial charge on any atom is -0.338 e. The van der Waals surface area contributed by atoms with Crippen LogP contribution >= 0.6 is 0 Å². The van der Waals surface area contributed by atoms with Crippen molar-refractivity contribution in [3.05, 3.63) is 35.9 Å². The molecule has 4 nitrogen and oxygen atoms in total. The van der Waals surface area contributed by atoms with Crippen LogP contribution in [-0.2, 0) is 4.79 Å². The summed E-state index contributed by atoms with van der Waals surface area (Å²) in [6, 6.07) is 11.8. The van der Waals surface area contributed by atoms with E-state index in [9.17, 15) is 4.79 Å². The van der Waals surface area contributed by atoms with Crippen LogP contribution in [0, 0.1) is 17.8 Å². The van der Waals surface area contributed by atoms with Crippen LogP contribution in [0.4, 0.5) is 0 Å². The second kappa shape index (κ2) is 8.54. The highest BCUT2D eigenvalue weighted by molar-refractivity contribution is 5.79. The summed E-state index contributed by atoms with van der Waals surface area (Å²) in [6.07, 6.45) is 6.87. The van der Waals surface area contributed by atoms with Crippen LogP contribution in [0.1, 0.15) is 64.0 Å². The third-order valence-corrected chi connectivity index (χ3v) is 7.85. The summed E-state index contributed by atoms with van der Waals surface area (Å²) >= 11 is 0. The van der Waals surface area contributed by atoms with Gasteiger partial charge in [0.25, 0.3) is 0 Å². The van der Waals surface area contributed by atoms with Gasteiger partial charge in [-0.15, -0.1) is 0 Å². The predicted molar refractivity (Wildman–Crippen MR) is 114 cm³/mol. The van der Waals surface area contributed by atoms with Crippen LogP contribution in [-0.4, -0.2) is 47.4 Å². The van der Waals surface area contributed by atoms with Crippen molar-refractivity contribution in [1.82, 2.24) is 9.80 Å². The number of likely N-dealkylation sites (tertiary alicyclic amines) is 1. The molecule has 4 unspecified atom stereocenters. The lowest BCUT2D eigenvalue weighted by molar-refractivity contribution is -0.140. The quantitative estimate of drug-likeness (QED) is 0.841. The average molecular weight is 384 g/mol. The Morgan fingerprint density at radius 2 is 1.86 bits per heavy atom. The molecule has 0 aromatic heterocycles. The fourth-order valence-electron chi connectivity index (χ4n) is 6.14. The highest BCUT2D eigenvalue weighted by Crippen LogP contribution is 2.42. The van der Waals surface area contributed by atoms with E-state index in [1.165, 1.54) is 24.8 Å². The van der Waals surface area contributed by atoms with Crippen LogP contribution in [0.25, 0.3) is 0 Å². The second-order valence-corrected chi connectivity index (χ2v) is 9.35. The average Bonchev–Trinajstić information content (AvgIpc) is 3.18. The zero-order chi connectivity index (χ0) is 19.7. The number of rotatable bonds is 5. The molecule has 0 radical (unpaired) electrons. The molecule has 2 aliphatic carbocycles. The van der Waals surface area contributed by atoms with E-state index >= 15 is 0 Å². The molecule has 1 heterocycles. The predicted octanol–water partition coefficient (Wildman–Crippen LogP) is 3.82. The first-order chi connectivity index (χ1) is 13.6. The topological polar surface area (TPSA) is 49.6 Å². The van der Waals surface area contributed by atoms with Gasteiger partial charge in [0.15, 0.2) is 0 Å². The number of benzene rings is 1. The standard InChI is InChI=1S/C24H37N3O/c1-3-27(24(28)21-14-19-10-7-11-20(15-21)23(19)25)22-12-13-26(16-22)17(2)18-8-5-4-6-9-18/h4-6,8-9,17,19-23H,3,7,10-16,25H2,1-2H3. The fourth-order valence-corrected chi connectivity index (χ4v) is 6.14. The molecule has 154 valence electrons. The van der Waals surface area contributed by atoms with Gasteiger partial charge in [0.1, 0.15) is 0 Å². The van der Waals surface area contributed by atoms with Crippen molar-refractivity contribution in [2.75, 3.05) is 19.6 Å². The molecular formula is C24H37N3O. The monoisotopic (exact) mass is 383 g/mol. The normalized spacial score (nSPS) is 34.2.